The van der Waals surface area contributed by atoms with Crippen LogP contribution >= 0.6 is 0 Å². The van der Waals surface area contributed by atoms with Gasteiger partial charge in [-0.25, -0.2) is 0 Å². The summed E-state index contributed by atoms with van der Waals surface area (Å²) in [5.41, 5.74) is 1.17. The van der Waals surface area contributed by atoms with Crippen LogP contribution in [0, 0.1) is 11.8 Å². The van der Waals surface area contributed by atoms with E-state index in [0.717, 1.165) is 6.41 Å². The summed E-state index contributed by atoms with van der Waals surface area (Å²) in [4.78, 5) is 12.1. The zero-order valence-electron chi connectivity index (χ0n) is 13.9. The Morgan fingerprint density at radius 3 is 2.50 bits per heavy atom. The van der Waals surface area contributed by atoms with Gasteiger partial charge in [0.15, 0.2) is 0 Å². The lowest BCUT2D eigenvalue weighted by molar-refractivity contribution is -0.115. The topological polar surface area (TPSA) is 38.8 Å². The van der Waals surface area contributed by atoms with Gasteiger partial charge in [-0.15, -0.1) is 0 Å². The predicted molar refractivity (Wildman–Crippen MR) is 88.2 cm³/mol. The fraction of sp³-hybridized carbons (Fsp3) is 0.500. The van der Waals surface area contributed by atoms with E-state index in [1.165, 1.54) is 10.5 Å². The van der Waals surface area contributed by atoms with Crippen LogP contribution in [0.5, 0.6) is 0 Å². The average molecular weight is 305 g/mol. The number of carbonyl (C=O) groups is 1. The van der Waals surface area contributed by atoms with E-state index in [2.05, 4.69) is 26.0 Å². The van der Waals surface area contributed by atoms with Gasteiger partial charge in [0.2, 0.25) is 6.41 Å². The number of amides is 1. The average Bonchev–Trinajstić information content (AvgIpc) is 2.54. The molecule has 0 aliphatic heterocycles. The van der Waals surface area contributed by atoms with Crippen molar-refractivity contribution < 1.29 is 14.3 Å². The monoisotopic (exact) mass is 305 g/mol. The van der Waals surface area contributed by atoms with Gasteiger partial charge in [0.05, 0.1) is 19.3 Å². The molecular formula is C18H27NO3. The van der Waals surface area contributed by atoms with Crippen molar-refractivity contribution in [1.82, 2.24) is 4.90 Å². The van der Waals surface area contributed by atoms with Crippen molar-refractivity contribution in [3.63, 3.8) is 0 Å². The lowest BCUT2D eigenvalue weighted by Gasteiger charge is -2.26. The highest BCUT2D eigenvalue weighted by molar-refractivity contribution is 5.48. The fourth-order valence-electron chi connectivity index (χ4n) is 2.41. The third-order valence-corrected chi connectivity index (χ3v) is 3.63. The maximum atomic E-state index is 10.6. The molecule has 0 saturated carbocycles. The highest BCUT2D eigenvalue weighted by atomic mass is 16.5. The van der Waals surface area contributed by atoms with Gasteiger partial charge in [0.25, 0.3) is 0 Å². The van der Waals surface area contributed by atoms with Crippen molar-refractivity contribution in [1.29, 1.82) is 0 Å². The minimum Gasteiger partial charge on any atom is -0.380 e. The van der Waals surface area contributed by atoms with Crippen molar-refractivity contribution in [3.8, 4) is 0 Å². The zero-order valence-corrected chi connectivity index (χ0v) is 13.9. The second-order valence-electron chi connectivity index (χ2n) is 5.65. The van der Waals surface area contributed by atoms with Crippen molar-refractivity contribution in [3.05, 3.63) is 48.2 Å². The molecule has 4 heteroatoms. The first kappa shape index (κ1) is 18.4. The summed E-state index contributed by atoms with van der Waals surface area (Å²) in [6, 6.07) is 10.1. The number of methoxy groups -OCH3 is 1. The van der Waals surface area contributed by atoms with E-state index in [1.807, 2.05) is 24.3 Å². The number of ether oxygens (including phenoxy) is 2. The van der Waals surface area contributed by atoms with Crippen LogP contribution in [0.4, 0.5) is 0 Å². The van der Waals surface area contributed by atoms with Crippen LogP contribution in [0.1, 0.15) is 19.4 Å². The van der Waals surface area contributed by atoms with Gasteiger partial charge < -0.3 is 14.4 Å². The molecule has 0 aliphatic carbocycles. The second kappa shape index (κ2) is 10.1. The standard InChI is InChI=1S/C18H27NO3/c1-15(10-11-19(3)14-20)18(21-4)16(2)12-22-13-17-8-6-5-7-9-17/h5-11,14-16,18H,12-13H2,1-4H3/b11-10+/t15-,16-,18-/m1/s1. The summed E-state index contributed by atoms with van der Waals surface area (Å²) in [5, 5.41) is 0. The molecule has 0 aliphatic rings. The Morgan fingerprint density at radius 2 is 1.91 bits per heavy atom. The van der Waals surface area contributed by atoms with Crippen LogP contribution in [0.25, 0.3) is 0 Å². The number of rotatable bonds is 10. The maximum Gasteiger partial charge on any atom is 0.213 e. The Kier molecular flexibility index (Phi) is 8.48. The van der Waals surface area contributed by atoms with Crippen molar-refractivity contribution in [2.24, 2.45) is 11.8 Å². The molecule has 0 aromatic heterocycles. The van der Waals surface area contributed by atoms with Gasteiger partial charge in [0.1, 0.15) is 0 Å². The third kappa shape index (κ3) is 6.41. The number of hydrogen-bond donors (Lipinski definition) is 0. The van der Waals surface area contributed by atoms with Crippen LogP contribution in [-0.2, 0) is 20.9 Å². The molecule has 1 amide bonds. The van der Waals surface area contributed by atoms with Crippen LogP contribution < -0.4 is 0 Å². The van der Waals surface area contributed by atoms with E-state index in [1.54, 1.807) is 20.4 Å². The summed E-state index contributed by atoms with van der Waals surface area (Å²) < 4.78 is 11.4. The first-order valence-corrected chi connectivity index (χ1v) is 7.58. The molecule has 122 valence electrons. The Balaban J connectivity index is 2.44. The van der Waals surface area contributed by atoms with E-state index < -0.39 is 0 Å². The van der Waals surface area contributed by atoms with Gasteiger partial charge in [-0.05, 0) is 5.56 Å². The van der Waals surface area contributed by atoms with E-state index in [9.17, 15) is 4.79 Å². The van der Waals surface area contributed by atoms with Crippen molar-refractivity contribution in [2.45, 2.75) is 26.6 Å². The maximum absolute atomic E-state index is 10.6. The molecule has 0 N–H and O–H groups in total. The highest BCUT2D eigenvalue weighted by Gasteiger charge is 2.22. The molecule has 0 heterocycles. The van der Waals surface area contributed by atoms with Crippen molar-refractivity contribution >= 4 is 6.41 Å². The van der Waals surface area contributed by atoms with Crippen molar-refractivity contribution in [2.75, 3.05) is 20.8 Å². The van der Waals surface area contributed by atoms with Crippen LogP contribution in [0.2, 0.25) is 0 Å². The molecule has 22 heavy (non-hydrogen) atoms. The molecule has 0 unspecified atom stereocenters. The molecule has 0 spiro atoms. The first-order valence-electron chi connectivity index (χ1n) is 7.58. The Bertz CT molecular complexity index is 447. The predicted octanol–water partition coefficient (Wildman–Crippen LogP) is 3.09. The summed E-state index contributed by atoms with van der Waals surface area (Å²) in [6.45, 7) is 5.44. The number of hydrogen-bond acceptors (Lipinski definition) is 3. The lowest BCUT2D eigenvalue weighted by Crippen LogP contribution is -2.30. The Labute approximate surface area is 133 Å². The molecule has 0 radical (unpaired) electrons. The molecule has 0 bridgehead atoms. The first-order chi connectivity index (χ1) is 10.6. The molecule has 0 saturated heterocycles. The van der Waals surface area contributed by atoms with Crippen LogP contribution in [-0.4, -0.2) is 38.2 Å². The summed E-state index contributed by atoms with van der Waals surface area (Å²) >= 11 is 0. The van der Waals surface area contributed by atoms with Gasteiger partial charge in [0, 0.05) is 32.2 Å². The smallest absolute Gasteiger partial charge is 0.213 e. The van der Waals surface area contributed by atoms with E-state index in [0.29, 0.717) is 13.2 Å². The molecule has 1 rings (SSSR count). The molecule has 1 aromatic rings. The van der Waals surface area contributed by atoms with Gasteiger partial charge >= 0.3 is 0 Å². The Morgan fingerprint density at radius 1 is 1.23 bits per heavy atom. The highest BCUT2D eigenvalue weighted by Crippen LogP contribution is 2.19. The quantitative estimate of drug-likeness (QED) is 0.624. The van der Waals surface area contributed by atoms with E-state index in [4.69, 9.17) is 9.47 Å². The fourth-order valence-corrected chi connectivity index (χ4v) is 2.41. The molecule has 3 atom stereocenters. The molecule has 1 aromatic carbocycles. The SMILES string of the molecule is CO[C@H]([C@H](C)/C=C/N(C)C=O)[C@H](C)COCc1ccccc1. The van der Waals surface area contributed by atoms with E-state index in [-0.39, 0.29) is 17.9 Å². The summed E-state index contributed by atoms with van der Waals surface area (Å²) in [7, 11) is 3.43. The van der Waals surface area contributed by atoms with Crippen LogP contribution in [0.3, 0.4) is 0 Å². The number of nitrogens with zero attached hydrogens (tertiary/aromatic N) is 1. The summed E-state index contributed by atoms with van der Waals surface area (Å²) in [5.74, 6) is 0.456. The van der Waals surface area contributed by atoms with Gasteiger partial charge in [-0.1, -0.05) is 50.3 Å². The zero-order chi connectivity index (χ0) is 16.4. The number of benzene rings is 1. The van der Waals surface area contributed by atoms with Crippen LogP contribution in [0.15, 0.2) is 42.6 Å². The molecular weight excluding hydrogens is 278 g/mol. The summed E-state index contributed by atoms with van der Waals surface area (Å²) in [6.07, 6.45) is 4.57. The largest absolute Gasteiger partial charge is 0.380 e. The second-order valence-corrected chi connectivity index (χ2v) is 5.65. The lowest BCUT2D eigenvalue weighted by atomic mass is 9.93. The third-order valence-electron chi connectivity index (χ3n) is 3.63. The molecule has 0 fully saturated rings. The number of carbonyl (C=O) groups excluding carboxylic acids is 1. The molecule has 4 nitrogen and oxygen atoms in total. The minimum atomic E-state index is 0.0482. The van der Waals surface area contributed by atoms with Gasteiger partial charge in [-0.3, -0.25) is 4.79 Å². The Hall–Kier alpha value is -1.65. The van der Waals surface area contributed by atoms with E-state index >= 15 is 0 Å². The minimum absolute atomic E-state index is 0.0482. The normalized spacial score (nSPS) is 15.5. The van der Waals surface area contributed by atoms with Gasteiger partial charge in [-0.2, -0.15) is 0 Å².